The van der Waals surface area contributed by atoms with Gasteiger partial charge >= 0.3 is 36.0 Å². The molecule has 11 rings (SSSR count). The minimum Gasteiger partial charge on any atom is -0.497 e. The molecule has 0 bridgehead atoms. The van der Waals surface area contributed by atoms with Crippen LogP contribution in [0, 0.1) is 91.2 Å². The Bertz CT molecular complexity index is 4900. The number of Topliss-reactive ketones (excluding diaryl/α,β-unsaturated/α-hetero) is 3. The first-order valence-corrected chi connectivity index (χ1v) is 51.9. The molecule has 0 radical (unpaired) electrons. The Morgan fingerprint density at radius 1 is 0.458 bits per heavy atom. The van der Waals surface area contributed by atoms with E-state index in [0.29, 0.717) is 70.0 Å². The average Bonchev–Trinajstić information content (AvgIpc) is 1.53. The van der Waals surface area contributed by atoms with Gasteiger partial charge < -0.3 is 97.9 Å². The number of carbonyl (C=O) groups excluding carboxylic acids is 18. The van der Waals surface area contributed by atoms with E-state index in [-0.39, 0.29) is 96.1 Å². The van der Waals surface area contributed by atoms with Crippen LogP contribution in [0.15, 0.2) is 49.6 Å². The number of primary amides is 1. The van der Waals surface area contributed by atoms with E-state index in [4.69, 9.17) is 24.7 Å². The van der Waals surface area contributed by atoms with Gasteiger partial charge in [0, 0.05) is 32.7 Å². The van der Waals surface area contributed by atoms with Gasteiger partial charge in [-0.15, -0.1) is 13.2 Å². The predicted molar refractivity (Wildman–Crippen MR) is 539 cm³/mol. The number of nitrogens with zero attached hydrogens (tertiary/aromatic N) is 3. The van der Waals surface area contributed by atoms with Gasteiger partial charge in [0.1, 0.15) is 71.8 Å². The molecule has 1 aromatic carbocycles. The summed E-state index contributed by atoms with van der Waals surface area (Å²) >= 11 is 0. The number of esters is 3. The van der Waals surface area contributed by atoms with Crippen molar-refractivity contribution in [2.24, 2.45) is 96.9 Å². The lowest BCUT2D eigenvalue weighted by Crippen LogP contribution is -2.64. The molecule has 7 saturated carbocycles. The molecular weight excluding hydrogens is 1850 g/mol. The molecule has 802 valence electrons. The average molecular weight is 2020 g/mol. The molecule has 13 N–H and O–H groups in total. The number of nitrogens with one attached hydrogen (secondary N) is 11. The maximum Gasteiger partial charge on any atom is 0.332 e. The Morgan fingerprint density at radius 2 is 0.861 bits per heavy atom. The summed E-state index contributed by atoms with van der Waals surface area (Å²) in [7, 11) is 1.57. The molecule has 3 saturated heterocycles. The van der Waals surface area contributed by atoms with E-state index in [9.17, 15) is 86.3 Å². The molecular formula is C107H167N15O22. The van der Waals surface area contributed by atoms with Crippen LogP contribution in [0.1, 0.15) is 287 Å². The zero-order valence-electron chi connectivity index (χ0n) is 89.7. The van der Waals surface area contributed by atoms with Gasteiger partial charge in [-0.05, 0) is 187 Å². The summed E-state index contributed by atoms with van der Waals surface area (Å²) < 4.78 is 22.0. The molecule has 0 spiro atoms. The van der Waals surface area contributed by atoms with Gasteiger partial charge in [-0.25, -0.2) is 28.8 Å². The molecule has 37 heteroatoms. The van der Waals surface area contributed by atoms with E-state index >= 15 is 0 Å². The number of unbranched alkanes of at least 4 members (excludes halogenated alkanes) is 1. The topological polar surface area (TPSA) is 512 Å². The van der Waals surface area contributed by atoms with Crippen LogP contribution in [0.3, 0.4) is 0 Å². The number of ketones is 3. The number of benzene rings is 1. The highest BCUT2D eigenvalue weighted by molar-refractivity contribution is 6.39. The number of urea groups is 3. The maximum atomic E-state index is 14.5. The SMILES string of the molecule is C=CCNC(=O)C(=O)C(CCC)NC(=O)[C@@H]1[C@@H]2[C@H](CN1C(=O)[C@@H](NC(=O)N[C@H](C(=O)OCC1CC1)C1CCC1)C(C)(C)C)C2(C)C.C=CCNC(=O)C(=O)C(CCCC)NC(=O)[C@@H]1[C@@H]2[C@H](CN1C(=O)[C@@H](NC(=O)N[C@H](C(=O)OC(C)(C)C)C(C)(C)C)C(C)(C)C)C2(C)C.COc1ccc(COC(=O)C2(NC(=O)N[C@H](C(=O)N3C[C@H]4[C@@H]([C@H]3C(=O)NC(CC3CCC3)C(=O)C(N)=O)C4(C)C)C(C)(C)C)CCCCC2)cc1. The molecule has 37 nitrogen and oxygen atoms in total. The minimum atomic E-state index is -1.26. The number of piperidine rings is 3. The third-order valence-corrected chi connectivity index (χ3v) is 31.2. The van der Waals surface area contributed by atoms with Crippen molar-refractivity contribution in [1.82, 2.24) is 73.2 Å². The van der Waals surface area contributed by atoms with Crippen LogP contribution in [-0.2, 0) is 92.7 Å². The van der Waals surface area contributed by atoms with Crippen molar-refractivity contribution in [3.63, 3.8) is 0 Å². The molecule has 15 amide bonds. The van der Waals surface area contributed by atoms with E-state index in [2.05, 4.69) is 99.3 Å². The third kappa shape index (κ3) is 28.8. The van der Waals surface area contributed by atoms with Gasteiger partial charge in [-0.3, -0.25) is 57.5 Å². The first kappa shape index (κ1) is 117. The lowest BCUT2D eigenvalue weighted by Gasteiger charge is -2.39. The lowest BCUT2D eigenvalue weighted by atomic mass is 9.79. The van der Waals surface area contributed by atoms with Gasteiger partial charge in [-0.1, -0.05) is 227 Å². The fourth-order valence-electron chi connectivity index (χ4n) is 21.4. The molecule has 1 aromatic rings. The largest absolute Gasteiger partial charge is 0.497 e. The van der Waals surface area contributed by atoms with Crippen LogP contribution in [0.5, 0.6) is 5.75 Å². The number of fused-ring (bicyclic) bond motifs is 3. The molecule has 0 aromatic heterocycles. The number of hydrogen-bond donors (Lipinski definition) is 12. The second-order valence-electron chi connectivity index (χ2n) is 48.6. The van der Waals surface area contributed by atoms with Crippen LogP contribution < -0.4 is 69.0 Å². The number of amides is 15. The normalized spacial score (nSPS) is 23.9. The van der Waals surface area contributed by atoms with E-state index in [0.717, 1.165) is 82.6 Å². The zero-order chi connectivity index (χ0) is 108. The van der Waals surface area contributed by atoms with Crippen LogP contribution in [0.4, 0.5) is 14.4 Å². The first-order valence-electron chi connectivity index (χ1n) is 51.9. The maximum absolute atomic E-state index is 14.5. The van der Waals surface area contributed by atoms with Crippen molar-refractivity contribution < 1.29 is 105 Å². The molecule has 7 aliphatic carbocycles. The van der Waals surface area contributed by atoms with E-state index in [1.165, 1.54) is 26.9 Å². The van der Waals surface area contributed by atoms with Crippen LogP contribution >= 0.6 is 0 Å². The number of methoxy groups -OCH3 is 1. The third-order valence-electron chi connectivity index (χ3n) is 31.2. The fraction of sp³-hybridized carbons (Fsp3) is 0.738. The van der Waals surface area contributed by atoms with Gasteiger partial charge in [0.2, 0.25) is 52.8 Å². The Labute approximate surface area is 850 Å². The van der Waals surface area contributed by atoms with E-state index < -0.39 is 206 Å². The first-order chi connectivity index (χ1) is 67.0. The minimum absolute atomic E-state index is 0.0140. The van der Waals surface area contributed by atoms with Gasteiger partial charge in [0.05, 0.1) is 31.8 Å². The van der Waals surface area contributed by atoms with Gasteiger partial charge in [-0.2, -0.15) is 0 Å². The Hall–Kier alpha value is -11.0. The Kier molecular flexibility index (Phi) is 38.2. The molecule has 3 heterocycles. The van der Waals surface area contributed by atoms with Crippen molar-refractivity contribution in [2.45, 2.75) is 365 Å². The highest BCUT2D eigenvalue weighted by atomic mass is 16.6. The number of nitrogens with two attached hydrogens (primary N) is 1. The van der Waals surface area contributed by atoms with E-state index in [1.807, 2.05) is 90.0 Å². The second kappa shape index (κ2) is 47.2. The highest BCUT2D eigenvalue weighted by Crippen LogP contribution is 2.67. The summed E-state index contributed by atoms with van der Waals surface area (Å²) in [6, 6.07) is -5.57. The summed E-state index contributed by atoms with van der Waals surface area (Å²) in [4.78, 5) is 245. The summed E-state index contributed by atoms with van der Waals surface area (Å²) in [5.74, 6) is -8.42. The monoisotopic (exact) mass is 2010 g/mol. The summed E-state index contributed by atoms with van der Waals surface area (Å²) in [5, 5.41) is 30.2. The molecule has 3 aliphatic heterocycles. The molecule has 3 unspecified atom stereocenters. The Balaban J connectivity index is 0.000000241. The number of ether oxygens (including phenoxy) is 4. The molecule has 144 heavy (non-hydrogen) atoms. The Morgan fingerprint density at radius 3 is 1.22 bits per heavy atom. The number of likely N-dealkylation sites (tertiary alicyclic amines) is 3. The summed E-state index contributed by atoms with van der Waals surface area (Å²) in [6.45, 7) is 51.8. The highest BCUT2D eigenvalue weighted by Gasteiger charge is 2.73. The van der Waals surface area contributed by atoms with Crippen LogP contribution in [0.25, 0.3) is 0 Å². The molecule has 10 aliphatic rings. The fourth-order valence-corrected chi connectivity index (χ4v) is 21.4. The van der Waals surface area contributed by atoms with E-state index in [1.54, 1.807) is 72.9 Å². The standard InChI is InChI=1S/C38H55N5O8.C35H59N5O7.C34H53N5O7/c1-36(2,3)30(41-35(49)42-38(17-8-7-9-18-38)34(48)51-21-23-13-15-24(50-6)16-14-23)33(47)43-20-25-27(37(25,4)5)28(43)32(46)40-26(29(44)31(39)45)19-22-11-10-12-22;1-14-16-17-21(24(41)28(43)36-18-15-2)37-27(42)23-22-20(35(22,12)13)19-40(23)29(44)25(32(3,4)5)38-31(46)39-26(33(6,7)8)30(45)47-34(9,10)11;1-8-11-22(26(40)29(42)35-16-9-2)36-28(41)25-23-21(34(23,6)7)17-39(25)30(43)27(33(3,4)5)38-32(45)37-24(20-12-10-13-20)31(44)46-18-19-14-15-19/h13-16,22,25-28,30H,7-12,17-21H2,1-6H3,(H2,39,45)(H,40,46)(H2,41,42,49);15,20-23,25-26H,2,14,16-19H2,1,3-13H3,(H,36,43)(H,37,42)(H2,38,39,46);9,19-25,27H,2,8,10-18H2,1,3-7H3,(H,35,42)(H,36,41)(H2,37,38,45)/t25-,26?,27-,28-,30+;20-,21?,22-,23-,25+,26+;21-,22?,23-,24-,25-,27+/m000/s1. The van der Waals surface area contributed by atoms with Crippen molar-refractivity contribution in [2.75, 3.05) is 46.4 Å². The smallest absolute Gasteiger partial charge is 0.332 e. The van der Waals surface area contributed by atoms with Crippen molar-refractivity contribution in [3.8, 4) is 5.75 Å². The van der Waals surface area contributed by atoms with Crippen molar-refractivity contribution in [1.29, 1.82) is 0 Å². The van der Waals surface area contributed by atoms with Gasteiger partial charge in [0.15, 0.2) is 0 Å². The van der Waals surface area contributed by atoms with Crippen LogP contribution in [-0.4, -0.2) is 245 Å². The summed E-state index contributed by atoms with van der Waals surface area (Å²) in [5.41, 5.74) is 0.511. The number of hydrogen-bond acceptors (Lipinski definition) is 22. The second-order valence-corrected chi connectivity index (χ2v) is 48.6. The van der Waals surface area contributed by atoms with Crippen molar-refractivity contribution in [3.05, 3.63) is 55.1 Å². The lowest BCUT2D eigenvalue weighted by molar-refractivity contribution is -0.160. The molecule has 10 fully saturated rings. The van der Waals surface area contributed by atoms with Gasteiger partial charge in [0.25, 0.3) is 17.7 Å². The quantitative estimate of drug-likeness (QED) is 0.0126. The molecule has 17 atom stereocenters. The number of carbonyl (C=O) groups is 18. The zero-order valence-corrected chi connectivity index (χ0v) is 89.7. The van der Waals surface area contributed by atoms with Crippen molar-refractivity contribution >= 4 is 107 Å². The number of rotatable bonds is 41. The van der Waals surface area contributed by atoms with Crippen LogP contribution in [0.2, 0.25) is 0 Å². The predicted octanol–water partition coefficient (Wildman–Crippen LogP) is 9.31. The summed E-state index contributed by atoms with van der Waals surface area (Å²) in [6.07, 6.45) is 16.4.